The van der Waals surface area contributed by atoms with Crippen LogP contribution >= 0.6 is 0 Å². The van der Waals surface area contributed by atoms with Crippen molar-refractivity contribution in [3.8, 4) is 0 Å². The predicted molar refractivity (Wildman–Crippen MR) is 109 cm³/mol. The molecule has 0 fully saturated rings. The van der Waals surface area contributed by atoms with Gasteiger partial charge in [0.2, 0.25) is 11.8 Å². The molecule has 0 atom stereocenters. The fraction of sp³-hybridized carbons (Fsp3) is 0.250. The zero-order valence-corrected chi connectivity index (χ0v) is 16.4. The number of benzene rings is 2. The minimum atomic E-state index is -0.772. The summed E-state index contributed by atoms with van der Waals surface area (Å²) >= 11 is 0. The van der Waals surface area contributed by atoms with Gasteiger partial charge in [-0.2, -0.15) is 0 Å². The molecule has 0 bridgehead atoms. The molecule has 10 heteroatoms. The van der Waals surface area contributed by atoms with Gasteiger partial charge in [0.1, 0.15) is 6.54 Å². The average molecular weight is 412 g/mol. The fourth-order valence-corrected chi connectivity index (χ4v) is 2.71. The lowest BCUT2D eigenvalue weighted by Crippen LogP contribution is -2.30. The third-order valence-electron chi connectivity index (χ3n) is 4.40. The highest BCUT2D eigenvalue weighted by Crippen LogP contribution is 2.20. The van der Waals surface area contributed by atoms with Crippen LogP contribution in [0.2, 0.25) is 0 Å². The molecular weight excluding hydrogens is 392 g/mol. The van der Waals surface area contributed by atoms with Crippen LogP contribution in [0, 0.1) is 16.0 Å². The summed E-state index contributed by atoms with van der Waals surface area (Å²) in [5.74, 6) is -1.40. The van der Waals surface area contributed by atoms with E-state index in [9.17, 15) is 24.5 Å². The number of carbonyl (C=O) groups is 2. The van der Waals surface area contributed by atoms with Crippen molar-refractivity contribution in [2.45, 2.75) is 26.9 Å². The van der Waals surface area contributed by atoms with Gasteiger partial charge in [-0.25, -0.2) is 4.79 Å². The maximum atomic E-state index is 12.3. The Morgan fingerprint density at radius 3 is 2.50 bits per heavy atom. The number of hydrogen-bond donors (Lipinski definition) is 2. The van der Waals surface area contributed by atoms with Crippen molar-refractivity contribution in [2.24, 2.45) is 5.92 Å². The van der Waals surface area contributed by atoms with Crippen molar-refractivity contribution in [1.29, 1.82) is 0 Å². The Morgan fingerprint density at radius 2 is 1.87 bits per heavy atom. The molecule has 0 aliphatic heterocycles. The molecule has 0 spiro atoms. The van der Waals surface area contributed by atoms with E-state index in [1.807, 2.05) is 0 Å². The number of nitro benzene ring substituents is 1. The number of fused-ring (bicyclic) bond motifs is 1. The smallest absolute Gasteiger partial charge is 0.407 e. The number of nitro groups is 1. The molecule has 2 aromatic carbocycles. The van der Waals surface area contributed by atoms with Crippen LogP contribution in [0.1, 0.15) is 19.4 Å². The molecule has 0 radical (unpaired) electrons. The van der Waals surface area contributed by atoms with Crippen LogP contribution < -0.4 is 16.4 Å². The van der Waals surface area contributed by atoms with Crippen molar-refractivity contribution >= 4 is 34.3 Å². The van der Waals surface area contributed by atoms with E-state index < -0.39 is 16.6 Å². The molecule has 3 rings (SSSR count). The van der Waals surface area contributed by atoms with E-state index in [2.05, 4.69) is 10.6 Å². The largest absolute Gasteiger partial charge is 0.420 e. The first-order valence-electron chi connectivity index (χ1n) is 9.19. The Morgan fingerprint density at radius 1 is 1.17 bits per heavy atom. The molecule has 2 N–H and O–H groups in total. The Labute approximate surface area is 170 Å². The number of nitrogens with zero attached hydrogens (tertiary/aromatic N) is 2. The predicted octanol–water partition coefficient (Wildman–Crippen LogP) is 2.41. The van der Waals surface area contributed by atoms with Gasteiger partial charge >= 0.3 is 5.76 Å². The number of non-ortho nitro benzene ring substituents is 1. The lowest BCUT2D eigenvalue weighted by molar-refractivity contribution is -0.384. The van der Waals surface area contributed by atoms with Crippen LogP contribution in [0.25, 0.3) is 11.1 Å². The number of carbonyl (C=O) groups excluding carboxylic acids is 2. The third kappa shape index (κ3) is 4.72. The summed E-state index contributed by atoms with van der Waals surface area (Å²) in [4.78, 5) is 46.2. The van der Waals surface area contributed by atoms with Crippen molar-refractivity contribution in [3.05, 3.63) is 68.7 Å². The lowest BCUT2D eigenvalue weighted by atomic mass is 10.1. The van der Waals surface area contributed by atoms with Crippen molar-refractivity contribution in [3.63, 3.8) is 0 Å². The molecular formula is C20H20N4O6. The van der Waals surface area contributed by atoms with Gasteiger partial charge in [0.05, 0.1) is 16.5 Å². The van der Waals surface area contributed by atoms with Gasteiger partial charge in [-0.1, -0.05) is 26.0 Å². The number of nitrogens with one attached hydrogen (secondary N) is 2. The number of oxazole rings is 1. The quantitative estimate of drug-likeness (QED) is 0.452. The van der Waals surface area contributed by atoms with E-state index in [4.69, 9.17) is 4.42 Å². The summed E-state index contributed by atoms with van der Waals surface area (Å²) in [7, 11) is 0. The second kappa shape index (κ2) is 8.60. The van der Waals surface area contributed by atoms with Crippen molar-refractivity contribution in [2.75, 3.05) is 5.32 Å². The Kier molecular flexibility index (Phi) is 5.95. The van der Waals surface area contributed by atoms with Gasteiger partial charge < -0.3 is 15.1 Å². The summed E-state index contributed by atoms with van der Waals surface area (Å²) in [5, 5.41) is 16.3. The standard InChI is InChI=1S/C20H20N4O6/c1-12(2)19(26)22-14-5-3-13(4-6-14)10-21-18(25)11-23-16-8-7-15(24(28)29)9-17(16)30-20(23)27/h3-9,12H,10-11H2,1-2H3,(H,21,25)(H,22,26). The second-order valence-corrected chi connectivity index (χ2v) is 6.98. The topological polar surface area (TPSA) is 136 Å². The number of rotatable bonds is 7. The normalized spacial score (nSPS) is 10.9. The highest BCUT2D eigenvalue weighted by Gasteiger charge is 2.16. The minimum Gasteiger partial charge on any atom is -0.407 e. The summed E-state index contributed by atoms with van der Waals surface area (Å²) in [6, 6.07) is 10.8. The van der Waals surface area contributed by atoms with Gasteiger partial charge in [0.15, 0.2) is 5.58 Å². The molecule has 0 aliphatic rings. The van der Waals surface area contributed by atoms with Gasteiger partial charge in [-0.15, -0.1) is 0 Å². The fourth-order valence-electron chi connectivity index (χ4n) is 2.71. The summed E-state index contributed by atoms with van der Waals surface area (Å²) in [5.41, 5.74) is 1.60. The number of aromatic nitrogens is 1. The zero-order chi connectivity index (χ0) is 21.8. The van der Waals surface area contributed by atoms with Crippen molar-refractivity contribution in [1.82, 2.24) is 9.88 Å². The van der Waals surface area contributed by atoms with E-state index in [0.29, 0.717) is 11.2 Å². The first kappa shape index (κ1) is 20.8. The SMILES string of the molecule is CC(C)C(=O)Nc1ccc(CNC(=O)Cn2c(=O)oc3cc([N+](=O)[O-])ccc32)cc1. The number of anilines is 1. The molecule has 0 saturated heterocycles. The summed E-state index contributed by atoms with van der Waals surface area (Å²) < 4.78 is 6.11. The maximum absolute atomic E-state index is 12.3. The molecule has 1 heterocycles. The van der Waals surface area contributed by atoms with Gasteiger partial charge in [0.25, 0.3) is 5.69 Å². The van der Waals surface area contributed by atoms with Gasteiger partial charge in [0, 0.05) is 24.2 Å². The molecule has 0 unspecified atom stereocenters. The molecule has 156 valence electrons. The minimum absolute atomic E-state index is 0.0426. The number of hydrogen-bond acceptors (Lipinski definition) is 6. The van der Waals surface area contributed by atoms with Crippen LogP contribution in [0.15, 0.2) is 51.7 Å². The molecule has 2 amide bonds. The Bertz CT molecular complexity index is 1160. The summed E-state index contributed by atoms with van der Waals surface area (Å²) in [6.07, 6.45) is 0. The van der Waals surface area contributed by atoms with E-state index >= 15 is 0 Å². The molecule has 0 aliphatic carbocycles. The summed E-state index contributed by atoms with van der Waals surface area (Å²) in [6.45, 7) is 3.55. The first-order valence-corrected chi connectivity index (χ1v) is 9.19. The molecule has 10 nitrogen and oxygen atoms in total. The number of amides is 2. The second-order valence-electron chi connectivity index (χ2n) is 6.98. The monoisotopic (exact) mass is 412 g/mol. The van der Waals surface area contributed by atoms with E-state index in [1.165, 1.54) is 12.1 Å². The highest BCUT2D eigenvalue weighted by atomic mass is 16.6. The molecule has 1 aromatic heterocycles. The average Bonchev–Trinajstić information content (AvgIpc) is 3.01. The first-order chi connectivity index (χ1) is 14.2. The molecule has 3 aromatic rings. The van der Waals surface area contributed by atoms with E-state index in [1.54, 1.807) is 38.1 Å². The lowest BCUT2D eigenvalue weighted by Gasteiger charge is -2.09. The van der Waals surface area contributed by atoms with Crippen LogP contribution in [-0.4, -0.2) is 21.3 Å². The van der Waals surface area contributed by atoms with Gasteiger partial charge in [-0.05, 0) is 23.8 Å². The van der Waals surface area contributed by atoms with Crippen LogP contribution in [0.4, 0.5) is 11.4 Å². The highest BCUT2D eigenvalue weighted by molar-refractivity contribution is 5.92. The Hall–Kier alpha value is -3.95. The molecule has 0 saturated carbocycles. The molecule has 30 heavy (non-hydrogen) atoms. The van der Waals surface area contributed by atoms with Crippen LogP contribution in [-0.2, 0) is 22.7 Å². The maximum Gasteiger partial charge on any atom is 0.420 e. The van der Waals surface area contributed by atoms with E-state index in [-0.39, 0.29) is 36.2 Å². The van der Waals surface area contributed by atoms with Crippen LogP contribution in [0.3, 0.4) is 0 Å². The van der Waals surface area contributed by atoms with Crippen LogP contribution in [0.5, 0.6) is 0 Å². The van der Waals surface area contributed by atoms with Gasteiger partial charge in [-0.3, -0.25) is 24.3 Å². The third-order valence-corrected chi connectivity index (χ3v) is 4.40. The van der Waals surface area contributed by atoms with Crippen molar-refractivity contribution < 1.29 is 18.9 Å². The Balaban J connectivity index is 1.62. The zero-order valence-electron chi connectivity index (χ0n) is 16.4. The van der Waals surface area contributed by atoms with E-state index in [0.717, 1.165) is 16.2 Å².